The Morgan fingerprint density at radius 1 is 1.25 bits per heavy atom. The highest BCUT2D eigenvalue weighted by molar-refractivity contribution is 5.66. The second-order valence-electron chi connectivity index (χ2n) is 5.04. The van der Waals surface area contributed by atoms with Gasteiger partial charge < -0.3 is 4.74 Å². The van der Waals surface area contributed by atoms with Crippen LogP contribution < -0.4 is 0 Å². The van der Waals surface area contributed by atoms with Gasteiger partial charge in [-0.2, -0.15) is 0 Å². The maximum absolute atomic E-state index is 11.1. The molecule has 1 fully saturated rings. The summed E-state index contributed by atoms with van der Waals surface area (Å²) in [4.78, 5) is 11.1. The first-order chi connectivity index (χ1) is 7.74. The van der Waals surface area contributed by atoms with Crippen molar-refractivity contribution in [2.75, 3.05) is 0 Å². The van der Waals surface area contributed by atoms with Crippen LogP contribution in [-0.4, -0.2) is 12.1 Å². The van der Waals surface area contributed by atoms with Crippen molar-refractivity contribution >= 4 is 5.97 Å². The average molecular weight is 226 g/mol. The number of esters is 1. The predicted octanol–water partition coefficient (Wildman–Crippen LogP) is 4.08. The van der Waals surface area contributed by atoms with E-state index in [0.717, 1.165) is 6.42 Å². The molecule has 0 aromatic carbocycles. The predicted molar refractivity (Wildman–Crippen MR) is 66.3 cm³/mol. The van der Waals surface area contributed by atoms with Crippen molar-refractivity contribution in [2.24, 2.45) is 5.92 Å². The summed E-state index contributed by atoms with van der Waals surface area (Å²) in [5.74, 6) is 0.529. The molecule has 1 saturated carbocycles. The van der Waals surface area contributed by atoms with Crippen molar-refractivity contribution in [2.45, 2.75) is 77.7 Å². The lowest BCUT2D eigenvalue weighted by atomic mass is 9.83. The molecule has 0 saturated heterocycles. The van der Waals surface area contributed by atoms with E-state index < -0.39 is 0 Å². The molecule has 0 heterocycles. The molecule has 1 aliphatic rings. The summed E-state index contributed by atoms with van der Waals surface area (Å²) < 4.78 is 5.50. The van der Waals surface area contributed by atoms with Gasteiger partial charge in [-0.1, -0.05) is 39.0 Å². The van der Waals surface area contributed by atoms with Gasteiger partial charge in [0, 0.05) is 6.92 Å². The molecule has 2 nitrogen and oxygen atoms in total. The Labute approximate surface area is 99.8 Å². The van der Waals surface area contributed by atoms with E-state index in [-0.39, 0.29) is 12.1 Å². The third kappa shape index (κ3) is 5.00. The molecule has 16 heavy (non-hydrogen) atoms. The van der Waals surface area contributed by atoms with Gasteiger partial charge in [-0.25, -0.2) is 0 Å². The summed E-state index contributed by atoms with van der Waals surface area (Å²) in [7, 11) is 0. The highest BCUT2D eigenvalue weighted by Gasteiger charge is 2.25. The lowest BCUT2D eigenvalue weighted by Crippen LogP contribution is -2.28. The quantitative estimate of drug-likeness (QED) is 0.504. The Kier molecular flexibility index (Phi) is 6.51. The number of unbranched alkanes of at least 4 members (excludes halogenated alkanes) is 2. The van der Waals surface area contributed by atoms with Gasteiger partial charge in [0.2, 0.25) is 0 Å². The Balaban J connectivity index is 2.37. The highest BCUT2D eigenvalue weighted by Crippen LogP contribution is 2.30. The van der Waals surface area contributed by atoms with E-state index in [2.05, 4.69) is 6.92 Å². The fourth-order valence-corrected chi connectivity index (χ4v) is 2.71. The monoisotopic (exact) mass is 226 g/mol. The van der Waals surface area contributed by atoms with E-state index in [1.54, 1.807) is 0 Å². The van der Waals surface area contributed by atoms with Crippen LogP contribution in [0.4, 0.5) is 0 Å². The summed E-state index contributed by atoms with van der Waals surface area (Å²) in [5.41, 5.74) is 0. The van der Waals surface area contributed by atoms with Crippen LogP contribution in [-0.2, 0) is 9.53 Å². The van der Waals surface area contributed by atoms with Crippen LogP contribution in [0.5, 0.6) is 0 Å². The molecule has 2 heteroatoms. The number of hydrogen-bond acceptors (Lipinski definition) is 2. The minimum atomic E-state index is -0.105. The van der Waals surface area contributed by atoms with Crippen LogP contribution in [0.25, 0.3) is 0 Å². The molecule has 0 spiro atoms. The molecule has 94 valence electrons. The molecule has 0 aliphatic heterocycles. The van der Waals surface area contributed by atoms with Crippen molar-refractivity contribution in [1.29, 1.82) is 0 Å². The van der Waals surface area contributed by atoms with Gasteiger partial charge in [-0.3, -0.25) is 4.79 Å². The van der Waals surface area contributed by atoms with Crippen molar-refractivity contribution in [3.05, 3.63) is 0 Å². The molecule has 1 rings (SSSR count). The Morgan fingerprint density at radius 2 is 1.94 bits per heavy atom. The zero-order valence-electron chi connectivity index (χ0n) is 10.8. The van der Waals surface area contributed by atoms with Gasteiger partial charge in [-0.05, 0) is 31.6 Å². The fraction of sp³-hybridized carbons (Fsp3) is 0.929. The van der Waals surface area contributed by atoms with Crippen LogP contribution in [0.15, 0.2) is 0 Å². The van der Waals surface area contributed by atoms with Crippen molar-refractivity contribution in [3.8, 4) is 0 Å². The first kappa shape index (κ1) is 13.5. The molecule has 0 aromatic heterocycles. The smallest absolute Gasteiger partial charge is 0.302 e. The van der Waals surface area contributed by atoms with Crippen molar-refractivity contribution in [1.82, 2.24) is 0 Å². The summed E-state index contributed by atoms with van der Waals surface area (Å²) in [5, 5.41) is 0. The van der Waals surface area contributed by atoms with Gasteiger partial charge in [0.05, 0.1) is 0 Å². The lowest BCUT2D eigenvalue weighted by Gasteiger charge is -2.29. The number of carbonyl (C=O) groups excluding carboxylic acids is 1. The fourth-order valence-electron chi connectivity index (χ4n) is 2.71. The Morgan fingerprint density at radius 3 is 2.50 bits per heavy atom. The molecule has 0 radical (unpaired) electrons. The number of hydrogen-bond donors (Lipinski definition) is 0. The minimum Gasteiger partial charge on any atom is -0.462 e. The summed E-state index contributed by atoms with van der Waals surface area (Å²) in [6.07, 6.45) is 11.5. The second-order valence-corrected chi connectivity index (χ2v) is 5.04. The third-order valence-corrected chi connectivity index (χ3v) is 3.59. The minimum absolute atomic E-state index is 0.105. The lowest BCUT2D eigenvalue weighted by molar-refractivity contribution is -0.150. The van der Waals surface area contributed by atoms with E-state index in [4.69, 9.17) is 4.74 Å². The average Bonchev–Trinajstić information content (AvgIpc) is 2.29. The largest absolute Gasteiger partial charge is 0.462 e. The van der Waals surface area contributed by atoms with E-state index in [0.29, 0.717) is 5.92 Å². The first-order valence-electron chi connectivity index (χ1n) is 6.91. The molecular weight excluding hydrogens is 200 g/mol. The molecule has 1 atom stereocenters. The zero-order valence-corrected chi connectivity index (χ0v) is 10.8. The van der Waals surface area contributed by atoms with Gasteiger partial charge >= 0.3 is 5.97 Å². The van der Waals surface area contributed by atoms with E-state index in [1.165, 1.54) is 58.3 Å². The van der Waals surface area contributed by atoms with Crippen molar-refractivity contribution in [3.63, 3.8) is 0 Å². The van der Waals surface area contributed by atoms with Gasteiger partial charge in [0.15, 0.2) is 0 Å². The number of carbonyl (C=O) groups is 1. The highest BCUT2D eigenvalue weighted by atomic mass is 16.5. The topological polar surface area (TPSA) is 26.3 Å². The molecular formula is C14H26O2. The molecule has 0 N–H and O–H groups in total. The normalized spacial score (nSPS) is 19.4. The molecule has 1 aliphatic carbocycles. The molecule has 1 unspecified atom stereocenters. The van der Waals surface area contributed by atoms with Crippen LogP contribution >= 0.6 is 0 Å². The SMILES string of the molecule is CCCCCC(OC(C)=O)C1CCCCC1. The van der Waals surface area contributed by atoms with E-state index in [1.807, 2.05) is 0 Å². The maximum Gasteiger partial charge on any atom is 0.302 e. The molecule has 0 bridgehead atoms. The van der Waals surface area contributed by atoms with Crippen molar-refractivity contribution < 1.29 is 9.53 Å². The third-order valence-electron chi connectivity index (χ3n) is 3.59. The number of ether oxygens (including phenoxy) is 1. The number of rotatable bonds is 6. The van der Waals surface area contributed by atoms with Crippen LogP contribution in [0, 0.1) is 5.92 Å². The van der Waals surface area contributed by atoms with E-state index >= 15 is 0 Å². The zero-order chi connectivity index (χ0) is 11.8. The summed E-state index contributed by atoms with van der Waals surface area (Å²) in [6.45, 7) is 3.75. The van der Waals surface area contributed by atoms with Crippen LogP contribution in [0.2, 0.25) is 0 Å². The summed E-state index contributed by atoms with van der Waals surface area (Å²) in [6, 6.07) is 0. The Bertz CT molecular complexity index is 195. The van der Waals surface area contributed by atoms with Gasteiger partial charge in [0.1, 0.15) is 6.10 Å². The second kappa shape index (κ2) is 7.70. The first-order valence-corrected chi connectivity index (χ1v) is 6.91. The van der Waals surface area contributed by atoms with Crippen LogP contribution in [0.3, 0.4) is 0 Å². The van der Waals surface area contributed by atoms with Gasteiger partial charge in [-0.15, -0.1) is 0 Å². The Hall–Kier alpha value is -0.530. The molecule has 0 amide bonds. The maximum atomic E-state index is 11.1. The molecule has 0 aromatic rings. The summed E-state index contributed by atoms with van der Waals surface area (Å²) >= 11 is 0. The van der Waals surface area contributed by atoms with E-state index in [9.17, 15) is 4.79 Å². The van der Waals surface area contributed by atoms with Gasteiger partial charge in [0.25, 0.3) is 0 Å². The van der Waals surface area contributed by atoms with Crippen LogP contribution in [0.1, 0.15) is 71.6 Å². The standard InChI is InChI=1S/C14H26O2/c1-3-4-6-11-14(16-12(2)15)13-9-7-5-8-10-13/h13-14H,3-11H2,1-2H3.